The zero-order valence-electron chi connectivity index (χ0n) is 18.0. The van der Waals surface area contributed by atoms with Crippen molar-refractivity contribution in [3.05, 3.63) is 47.5 Å². The Morgan fingerprint density at radius 1 is 1.07 bits per heavy atom. The molecule has 1 heterocycles. The van der Waals surface area contributed by atoms with Gasteiger partial charge in [0.05, 0.1) is 13.7 Å². The summed E-state index contributed by atoms with van der Waals surface area (Å²) in [5.74, 6) is 1.02. The Kier molecular flexibility index (Phi) is 7.33. The molecule has 3 rings (SSSR count). The molecule has 6 heteroatoms. The van der Waals surface area contributed by atoms with Gasteiger partial charge in [-0.1, -0.05) is 0 Å². The molecule has 1 saturated heterocycles. The lowest BCUT2D eigenvalue weighted by Crippen LogP contribution is -2.19. The maximum Gasteiger partial charge on any atom is 0.224 e. The fourth-order valence-electron chi connectivity index (χ4n) is 3.69. The van der Waals surface area contributed by atoms with Gasteiger partial charge in [0.15, 0.2) is 17.3 Å². The summed E-state index contributed by atoms with van der Waals surface area (Å²) in [4.78, 5) is 26.2. The number of ketones is 1. The number of anilines is 2. The number of rotatable bonds is 9. The molecule has 1 fully saturated rings. The first-order valence-electron chi connectivity index (χ1n) is 10.4. The molecule has 160 valence electrons. The first-order valence-corrected chi connectivity index (χ1v) is 10.4. The van der Waals surface area contributed by atoms with Gasteiger partial charge in [-0.05, 0) is 75.1 Å². The van der Waals surface area contributed by atoms with Crippen molar-refractivity contribution in [3.8, 4) is 11.5 Å². The third-order valence-corrected chi connectivity index (χ3v) is 5.30. The van der Waals surface area contributed by atoms with Crippen LogP contribution in [0.15, 0.2) is 36.4 Å². The Morgan fingerprint density at radius 3 is 2.50 bits per heavy atom. The van der Waals surface area contributed by atoms with Gasteiger partial charge in [-0.2, -0.15) is 0 Å². The molecule has 0 unspecified atom stereocenters. The van der Waals surface area contributed by atoms with Gasteiger partial charge in [0.1, 0.15) is 0 Å². The van der Waals surface area contributed by atoms with E-state index in [0.717, 1.165) is 18.8 Å². The molecule has 1 amide bonds. The Hall–Kier alpha value is -3.02. The van der Waals surface area contributed by atoms with Gasteiger partial charge < -0.3 is 19.7 Å². The molecule has 0 radical (unpaired) electrons. The lowest BCUT2D eigenvalue weighted by atomic mass is 10.1. The molecule has 30 heavy (non-hydrogen) atoms. The summed E-state index contributed by atoms with van der Waals surface area (Å²) in [7, 11) is 1.54. The number of hydrogen-bond acceptors (Lipinski definition) is 5. The molecular weight excluding hydrogens is 380 g/mol. The molecule has 0 bridgehead atoms. The number of hydrogen-bond donors (Lipinski definition) is 1. The zero-order chi connectivity index (χ0) is 21.5. The normalized spacial score (nSPS) is 13.2. The molecule has 2 aromatic rings. The quantitative estimate of drug-likeness (QED) is 0.483. The SMILES string of the molecule is COc1cc(C(C)=O)ccc1OCCCC(=O)Nc1ccc(N2CCCC2)c(C)c1. The minimum Gasteiger partial charge on any atom is -0.493 e. The van der Waals surface area contributed by atoms with Crippen LogP contribution in [-0.4, -0.2) is 38.5 Å². The lowest BCUT2D eigenvalue weighted by Gasteiger charge is -2.20. The number of carbonyl (C=O) groups excluding carboxylic acids is 2. The zero-order valence-corrected chi connectivity index (χ0v) is 18.0. The van der Waals surface area contributed by atoms with Gasteiger partial charge in [0, 0.05) is 36.4 Å². The summed E-state index contributed by atoms with van der Waals surface area (Å²) >= 11 is 0. The minimum atomic E-state index is -0.0363. The van der Waals surface area contributed by atoms with Crippen LogP contribution >= 0.6 is 0 Å². The monoisotopic (exact) mass is 410 g/mol. The van der Waals surface area contributed by atoms with Gasteiger partial charge >= 0.3 is 0 Å². The van der Waals surface area contributed by atoms with Gasteiger partial charge in [-0.25, -0.2) is 0 Å². The second kappa shape index (κ2) is 10.1. The molecular formula is C24H30N2O4. The molecule has 1 aliphatic heterocycles. The predicted octanol–water partition coefficient (Wildman–Crippen LogP) is 4.60. The Labute approximate surface area is 178 Å². The van der Waals surface area contributed by atoms with E-state index in [9.17, 15) is 9.59 Å². The standard InChI is InChI=1S/C24H30N2O4/c1-17-15-20(9-10-21(17)26-12-4-5-13-26)25-24(28)7-6-14-30-22-11-8-19(18(2)27)16-23(22)29-3/h8-11,15-16H,4-7,12-14H2,1-3H3,(H,25,28). The van der Waals surface area contributed by atoms with E-state index in [4.69, 9.17) is 9.47 Å². The average Bonchev–Trinajstić information content (AvgIpc) is 3.25. The van der Waals surface area contributed by atoms with Crippen LogP contribution in [0.4, 0.5) is 11.4 Å². The Bertz CT molecular complexity index is 904. The largest absolute Gasteiger partial charge is 0.493 e. The fourth-order valence-corrected chi connectivity index (χ4v) is 3.69. The van der Waals surface area contributed by atoms with Crippen LogP contribution in [0.3, 0.4) is 0 Å². The smallest absolute Gasteiger partial charge is 0.224 e. The van der Waals surface area contributed by atoms with Crippen molar-refractivity contribution in [2.75, 3.05) is 37.0 Å². The number of benzene rings is 2. The third-order valence-electron chi connectivity index (χ3n) is 5.30. The summed E-state index contributed by atoms with van der Waals surface area (Å²) in [6, 6.07) is 11.2. The number of amides is 1. The molecule has 0 spiro atoms. The van der Waals surface area contributed by atoms with Crippen LogP contribution in [0.2, 0.25) is 0 Å². The van der Waals surface area contributed by atoms with Crippen molar-refractivity contribution in [1.29, 1.82) is 0 Å². The van der Waals surface area contributed by atoms with E-state index in [-0.39, 0.29) is 11.7 Å². The Morgan fingerprint density at radius 2 is 1.83 bits per heavy atom. The molecule has 1 aliphatic rings. The van der Waals surface area contributed by atoms with Crippen LogP contribution in [-0.2, 0) is 4.79 Å². The van der Waals surface area contributed by atoms with Crippen LogP contribution in [0, 0.1) is 6.92 Å². The highest BCUT2D eigenvalue weighted by atomic mass is 16.5. The molecule has 2 aromatic carbocycles. The summed E-state index contributed by atoms with van der Waals surface area (Å²) in [5.41, 5.74) is 3.83. The third kappa shape index (κ3) is 5.53. The number of aryl methyl sites for hydroxylation is 1. The first kappa shape index (κ1) is 21.7. The lowest BCUT2D eigenvalue weighted by molar-refractivity contribution is -0.116. The van der Waals surface area contributed by atoms with Gasteiger partial charge in [-0.15, -0.1) is 0 Å². The number of methoxy groups -OCH3 is 1. The molecule has 0 saturated carbocycles. The van der Waals surface area contributed by atoms with Crippen molar-refractivity contribution in [2.24, 2.45) is 0 Å². The average molecular weight is 411 g/mol. The van der Waals surface area contributed by atoms with E-state index < -0.39 is 0 Å². The molecule has 0 aliphatic carbocycles. The molecule has 6 nitrogen and oxygen atoms in total. The van der Waals surface area contributed by atoms with Crippen LogP contribution in [0.25, 0.3) is 0 Å². The second-order valence-corrected chi connectivity index (χ2v) is 7.62. The number of Topliss-reactive ketones (excluding diaryl/α,β-unsaturated/α-hetero) is 1. The number of carbonyl (C=O) groups is 2. The topological polar surface area (TPSA) is 67.9 Å². The van der Waals surface area contributed by atoms with Crippen LogP contribution in [0.1, 0.15) is 48.5 Å². The van der Waals surface area contributed by atoms with E-state index in [2.05, 4.69) is 23.2 Å². The van der Waals surface area contributed by atoms with Crippen molar-refractivity contribution >= 4 is 23.1 Å². The number of nitrogens with zero attached hydrogens (tertiary/aromatic N) is 1. The second-order valence-electron chi connectivity index (χ2n) is 7.62. The maximum atomic E-state index is 12.3. The highest BCUT2D eigenvalue weighted by molar-refractivity contribution is 5.94. The highest BCUT2D eigenvalue weighted by Gasteiger charge is 2.15. The first-order chi connectivity index (χ1) is 14.5. The van der Waals surface area contributed by atoms with E-state index >= 15 is 0 Å². The summed E-state index contributed by atoms with van der Waals surface area (Å²) in [5, 5.41) is 2.97. The van der Waals surface area contributed by atoms with E-state index in [1.165, 1.54) is 38.1 Å². The summed E-state index contributed by atoms with van der Waals surface area (Å²) in [6.07, 6.45) is 3.43. The highest BCUT2D eigenvalue weighted by Crippen LogP contribution is 2.29. The minimum absolute atomic E-state index is 0.0276. The maximum absolute atomic E-state index is 12.3. The number of nitrogens with one attached hydrogen (secondary N) is 1. The summed E-state index contributed by atoms with van der Waals surface area (Å²) < 4.78 is 11.0. The fraction of sp³-hybridized carbons (Fsp3) is 0.417. The summed E-state index contributed by atoms with van der Waals surface area (Å²) in [6.45, 7) is 6.19. The Balaban J connectivity index is 1.46. The molecule has 0 atom stereocenters. The van der Waals surface area contributed by atoms with Crippen molar-refractivity contribution in [1.82, 2.24) is 0 Å². The van der Waals surface area contributed by atoms with E-state index in [1.54, 1.807) is 18.2 Å². The van der Waals surface area contributed by atoms with Crippen molar-refractivity contribution in [2.45, 2.75) is 39.5 Å². The van der Waals surface area contributed by atoms with Crippen LogP contribution < -0.4 is 19.7 Å². The van der Waals surface area contributed by atoms with Gasteiger partial charge in [-0.3, -0.25) is 9.59 Å². The van der Waals surface area contributed by atoms with Crippen molar-refractivity contribution in [3.63, 3.8) is 0 Å². The molecule has 0 aromatic heterocycles. The number of ether oxygens (including phenoxy) is 2. The predicted molar refractivity (Wildman–Crippen MR) is 119 cm³/mol. The van der Waals surface area contributed by atoms with Gasteiger partial charge in [0.2, 0.25) is 5.91 Å². The van der Waals surface area contributed by atoms with E-state index in [0.29, 0.717) is 36.5 Å². The van der Waals surface area contributed by atoms with Crippen LogP contribution in [0.5, 0.6) is 11.5 Å². The molecule has 1 N–H and O–H groups in total. The van der Waals surface area contributed by atoms with Crippen molar-refractivity contribution < 1.29 is 19.1 Å². The van der Waals surface area contributed by atoms with Gasteiger partial charge in [0.25, 0.3) is 0 Å². The van der Waals surface area contributed by atoms with E-state index in [1.807, 2.05) is 12.1 Å².